The second-order valence-corrected chi connectivity index (χ2v) is 3.39. The summed E-state index contributed by atoms with van der Waals surface area (Å²) in [5, 5.41) is 19.3. The summed E-state index contributed by atoms with van der Waals surface area (Å²) in [4.78, 5) is 21.2. The SMILES string of the molecule is COc1ccc(CC(NC(=O)O)C(=O)O)cc1. The van der Waals surface area contributed by atoms with Gasteiger partial charge < -0.3 is 20.3 Å². The van der Waals surface area contributed by atoms with Gasteiger partial charge in [0.05, 0.1) is 7.11 Å². The molecular formula is C11H13NO5. The lowest BCUT2D eigenvalue weighted by Gasteiger charge is -2.12. The van der Waals surface area contributed by atoms with E-state index in [-0.39, 0.29) is 6.42 Å². The van der Waals surface area contributed by atoms with E-state index in [4.69, 9.17) is 14.9 Å². The number of ether oxygens (including phenoxy) is 1. The van der Waals surface area contributed by atoms with Crippen molar-refractivity contribution < 1.29 is 24.5 Å². The molecular weight excluding hydrogens is 226 g/mol. The average Bonchev–Trinajstić information content (AvgIpc) is 2.28. The Kier molecular flexibility index (Phi) is 4.33. The minimum absolute atomic E-state index is 0.0889. The minimum atomic E-state index is -1.36. The van der Waals surface area contributed by atoms with E-state index in [9.17, 15) is 9.59 Å². The van der Waals surface area contributed by atoms with Gasteiger partial charge in [-0.15, -0.1) is 0 Å². The third-order valence-corrected chi connectivity index (χ3v) is 2.19. The number of amides is 1. The fourth-order valence-electron chi connectivity index (χ4n) is 1.35. The van der Waals surface area contributed by atoms with Gasteiger partial charge in [-0.05, 0) is 17.7 Å². The third-order valence-electron chi connectivity index (χ3n) is 2.19. The van der Waals surface area contributed by atoms with E-state index >= 15 is 0 Å². The number of nitrogens with one attached hydrogen (secondary N) is 1. The van der Waals surface area contributed by atoms with Gasteiger partial charge in [0.2, 0.25) is 0 Å². The maximum absolute atomic E-state index is 10.8. The number of carbonyl (C=O) groups is 2. The highest BCUT2D eigenvalue weighted by atomic mass is 16.5. The summed E-state index contributed by atoms with van der Waals surface area (Å²) in [6.45, 7) is 0. The van der Waals surface area contributed by atoms with Crippen LogP contribution in [0.4, 0.5) is 4.79 Å². The topological polar surface area (TPSA) is 95.9 Å². The van der Waals surface area contributed by atoms with Crippen molar-refractivity contribution in [3.8, 4) is 5.75 Å². The Morgan fingerprint density at radius 1 is 1.29 bits per heavy atom. The van der Waals surface area contributed by atoms with Gasteiger partial charge in [-0.3, -0.25) is 0 Å². The van der Waals surface area contributed by atoms with Gasteiger partial charge in [-0.25, -0.2) is 9.59 Å². The van der Waals surface area contributed by atoms with Gasteiger partial charge in [0, 0.05) is 6.42 Å². The molecule has 1 amide bonds. The summed E-state index contributed by atoms with van der Waals surface area (Å²) < 4.78 is 4.96. The zero-order chi connectivity index (χ0) is 12.8. The molecule has 0 fully saturated rings. The summed E-state index contributed by atoms with van der Waals surface area (Å²) in [5.41, 5.74) is 0.715. The first-order valence-electron chi connectivity index (χ1n) is 4.88. The van der Waals surface area contributed by atoms with Gasteiger partial charge in [-0.1, -0.05) is 12.1 Å². The molecule has 1 aromatic rings. The first-order chi connectivity index (χ1) is 8.02. The highest BCUT2D eigenvalue weighted by molar-refractivity contribution is 5.79. The molecule has 92 valence electrons. The number of carboxylic acid groups (broad SMARTS) is 2. The number of aliphatic carboxylic acids is 1. The number of methoxy groups -OCH3 is 1. The zero-order valence-corrected chi connectivity index (χ0v) is 9.21. The molecule has 6 heteroatoms. The molecule has 3 N–H and O–H groups in total. The fraction of sp³-hybridized carbons (Fsp3) is 0.273. The van der Waals surface area contributed by atoms with Gasteiger partial charge in [0.15, 0.2) is 0 Å². The number of hydrogen-bond acceptors (Lipinski definition) is 3. The molecule has 0 heterocycles. The summed E-state index contributed by atoms with van der Waals surface area (Å²) >= 11 is 0. The standard InChI is InChI=1S/C11H13NO5/c1-17-8-4-2-7(3-5-8)6-9(10(13)14)12-11(15)16/h2-5,9,12H,6H2,1H3,(H,13,14)(H,15,16). The molecule has 6 nitrogen and oxygen atoms in total. The molecule has 0 aliphatic rings. The van der Waals surface area contributed by atoms with E-state index < -0.39 is 18.1 Å². The molecule has 0 aliphatic heterocycles. The third kappa shape index (κ3) is 4.02. The van der Waals surface area contributed by atoms with Crippen LogP contribution in [0.15, 0.2) is 24.3 Å². The number of rotatable bonds is 5. The Bertz CT molecular complexity index is 401. The van der Waals surface area contributed by atoms with Crippen LogP contribution in [0, 0.1) is 0 Å². The lowest BCUT2D eigenvalue weighted by atomic mass is 10.1. The molecule has 1 unspecified atom stereocenters. The normalized spacial score (nSPS) is 11.6. The maximum atomic E-state index is 10.8. The van der Waals surface area contributed by atoms with Crippen molar-refractivity contribution in [3.63, 3.8) is 0 Å². The summed E-state index contributed by atoms with van der Waals surface area (Å²) in [6.07, 6.45) is -1.27. The Hall–Kier alpha value is -2.24. The van der Waals surface area contributed by atoms with Crippen molar-refractivity contribution in [1.82, 2.24) is 5.32 Å². The minimum Gasteiger partial charge on any atom is -0.497 e. The van der Waals surface area contributed by atoms with E-state index in [1.54, 1.807) is 24.3 Å². The van der Waals surface area contributed by atoms with Crippen molar-refractivity contribution in [2.75, 3.05) is 7.11 Å². The van der Waals surface area contributed by atoms with Crippen LogP contribution in [0.1, 0.15) is 5.56 Å². The van der Waals surface area contributed by atoms with E-state index in [1.165, 1.54) is 7.11 Å². The summed E-state index contributed by atoms with van der Waals surface area (Å²) in [6, 6.07) is 5.61. The van der Waals surface area contributed by atoms with Gasteiger partial charge in [0.25, 0.3) is 0 Å². The highest BCUT2D eigenvalue weighted by Crippen LogP contribution is 2.12. The van der Waals surface area contributed by atoms with E-state index in [0.717, 1.165) is 0 Å². The fourth-order valence-corrected chi connectivity index (χ4v) is 1.35. The quantitative estimate of drug-likeness (QED) is 0.711. The second-order valence-electron chi connectivity index (χ2n) is 3.39. The monoisotopic (exact) mass is 239 g/mol. The van der Waals surface area contributed by atoms with Crippen molar-refractivity contribution in [1.29, 1.82) is 0 Å². The number of benzene rings is 1. The van der Waals surface area contributed by atoms with Gasteiger partial charge in [-0.2, -0.15) is 0 Å². The Balaban J connectivity index is 2.71. The van der Waals surface area contributed by atoms with Crippen LogP contribution in [-0.2, 0) is 11.2 Å². The molecule has 1 rings (SSSR count). The Morgan fingerprint density at radius 2 is 1.88 bits per heavy atom. The smallest absolute Gasteiger partial charge is 0.405 e. The Labute approximate surface area is 97.8 Å². The van der Waals surface area contributed by atoms with Crippen LogP contribution in [0.3, 0.4) is 0 Å². The van der Waals surface area contributed by atoms with Gasteiger partial charge in [0.1, 0.15) is 11.8 Å². The van der Waals surface area contributed by atoms with E-state index in [2.05, 4.69) is 0 Å². The predicted octanol–water partition coefficient (Wildman–Crippen LogP) is 0.958. The highest BCUT2D eigenvalue weighted by Gasteiger charge is 2.19. The molecule has 0 bridgehead atoms. The van der Waals surface area contributed by atoms with E-state index in [0.29, 0.717) is 11.3 Å². The molecule has 0 spiro atoms. The van der Waals surface area contributed by atoms with Crippen LogP contribution >= 0.6 is 0 Å². The number of carboxylic acids is 1. The molecule has 1 atom stereocenters. The summed E-state index contributed by atoms with van der Waals surface area (Å²) in [7, 11) is 1.53. The second kappa shape index (κ2) is 5.74. The van der Waals surface area contributed by atoms with Gasteiger partial charge >= 0.3 is 12.1 Å². The van der Waals surface area contributed by atoms with Crippen LogP contribution in [0.2, 0.25) is 0 Å². The molecule has 0 radical (unpaired) electrons. The first kappa shape index (κ1) is 12.8. The van der Waals surface area contributed by atoms with Crippen molar-refractivity contribution in [2.24, 2.45) is 0 Å². The predicted molar refractivity (Wildman–Crippen MR) is 59.3 cm³/mol. The van der Waals surface area contributed by atoms with Crippen LogP contribution in [-0.4, -0.2) is 35.4 Å². The van der Waals surface area contributed by atoms with Crippen molar-refractivity contribution in [2.45, 2.75) is 12.5 Å². The van der Waals surface area contributed by atoms with Crippen LogP contribution < -0.4 is 10.1 Å². The molecule has 0 saturated carbocycles. The molecule has 1 aromatic carbocycles. The van der Waals surface area contributed by atoms with E-state index in [1.807, 2.05) is 5.32 Å². The maximum Gasteiger partial charge on any atom is 0.405 e. The number of hydrogen-bond donors (Lipinski definition) is 3. The zero-order valence-electron chi connectivity index (χ0n) is 9.21. The lowest BCUT2D eigenvalue weighted by molar-refractivity contribution is -0.139. The van der Waals surface area contributed by atoms with Crippen molar-refractivity contribution in [3.05, 3.63) is 29.8 Å². The lowest BCUT2D eigenvalue weighted by Crippen LogP contribution is -2.41. The summed E-state index contributed by atoms with van der Waals surface area (Å²) in [5.74, 6) is -0.546. The van der Waals surface area contributed by atoms with Crippen molar-refractivity contribution >= 4 is 12.1 Å². The first-order valence-corrected chi connectivity index (χ1v) is 4.88. The molecule has 0 aliphatic carbocycles. The Morgan fingerprint density at radius 3 is 2.29 bits per heavy atom. The largest absolute Gasteiger partial charge is 0.497 e. The molecule has 0 saturated heterocycles. The molecule has 17 heavy (non-hydrogen) atoms. The average molecular weight is 239 g/mol. The molecule has 0 aromatic heterocycles. The van der Waals surface area contributed by atoms with Crippen LogP contribution in [0.25, 0.3) is 0 Å². The van der Waals surface area contributed by atoms with Crippen LogP contribution in [0.5, 0.6) is 5.75 Å².